The lowest BCUT2D eigenvalue weighted by molar-refractivity contribution is 0.494. The maximum absolute atomic E-state index is 6.61. The second kappa shape index (κ2) is 12.5. The molecule has 0 N–H and O–H groups in total. The van der Waals surface area contributed by atoms with E-state index >= 15 is 0 Å². The van der Waals surface area contributed by atoms with Crippen molar-refractivity contribution in [3.63, 3.8) is 0 Å². The summed E-state index contributed by atoms with van der Waals surface area (Å²) in [5.74, 6) is 1.96. The molecule has 0 unspecified atom stereocenters. The van der Waals surface area contributed by atoms with Crippen molar-refractivity contribution in [1.82, 2.24) is 0 Å². The predicted octanol–water partition coefficient (Wildman–Crippen LogP) is 10.4. The molecule has 1 nitrogen and oxygen atoms in total. The monoisotopic (exact) mass is 528 g/mol. The Labute approximate surface area is 224 Å². The Balaban J connectivity index is 1.43. The second-order valence-electron chi connectivity index (χ2n) is 7.63. The summed E-state index contributed by atoms with van der Waals surface area (Å²) >= 11 is 7.30. The number of hydrogen-bond donors (Lipinski definition) is 0. The van der Waals surface area contributed by atoms with Crippen molar-refractivity contribution in [2.75, 3.05) is 0 Å². The standard InChI is InChI=1S/C30H24OS4/c1-5-13-23(14-6-1)32-29(33-24-15-7-2-8-16-24)27-21-22-28(31-27)30(34-25-17-9-3-10-18-25)35-26-19-11-4-12-20-26/h1-22,29-30H. The molecule has 0 saturated heterocycles. The molecule has 0 aliphatic rings. The average Bonchev–Trinajstić information content (AvgIpc) is 3.41. The molecule has 5 heteroatoms. The van der Waals surface area contributed by atoms with Crippen molar-refractivity contribution < 1.29 is 4.42 Å². The fourth-order valence-electron chi connectivity index (χ4n) is 3.39. The van der Waals surface area contributed by atoms with Gasteiger partial charge < -0.3 is 4.42 Å². The van der Waals surface area contributed by atoms with Crippen LogP contribution in [0.2, 0.25) is 0 Å². The van der Waals surface area contributed by atoms with Crippen molar-refractivity contribution in [1.29, 1.82) is 0 Å². The third kappa shape index (κ3) is 7.05. The van der Waals surface area contributed by atoms with E-state index in [0.29, 0.717) is 0 Å². The largest absolute Gasteiger partial charge is 0.462 e. The van der Waals surface area contributed by atoms with E-state index in [1.54, 1.807) is 0 Å². The molecule has 0 radical (unpaired) electrons. The molecule has 0 atom stereocenters. The number of thioether (sulfide) groups is 4. The number of hydrogen-bond acceptors (Lipinski definition) is 5. The fraction of sp³-hybridized carbons (Fsp3) is 0.0667. The summed E-state index contributed by atoms with van der Waals surface area (Å²) in [6.45, 7) is 0. The normalized spacial score (nSPS) is 11.3. The molecule has 0 amide bonds. The zero-order valence-electron chi connectivity index (χ0n) is 18.9. The molecule has 1 heterocycles. The second-order valence-corrected chi connectivity index (χ2v) is 12.9. The molecule has 5 rings (SSSR count). The van der Waals surface area contributed by atoms with Crippen LogP contribution in [0.3, 0.4) is 0 Å². The first kappa shape index (κ1) is 24.3. The lowest BCUT2D eigenvalue weighted by Crippen LogP contribution is -1.90. The van der Waals surface area contributed by atoms with Crippen LogP contribution < -0.4 is 0 Å². The van der Waals surface area contributed by atoms with Crippen molar-refractivity contribution >= 4 is 47.0 Å². The Morgan fingerprint density at radius 2 is 0.600 bits per heavy atom. The van der Waals surface area contributed by atoms with Crippen molar-refractivity contribution in [3.8, 4) is 0 Å². The lowest BCUT2D eigenvalue weighted by Gasteiger charge is -2.16. The van der Waals surface area contributed by atoms with E-state index in [9.17, 15) is 0 Å². The van der Waals surface area contributed by atoms with Crippen molar-refractivity contribution in [2.45, 2.75) is 28.7 Å². The molecule has 0 bridgehead atoms. The minimum Gasteiger partial charge on any atom is -0.462 e. The van der Waals surface area contributed by atoms with E-state index < -0.39 is 0 Å². The lowest BCUT2D eigenvalue weighted by atomic mass is 10.4. The molecular formula is C30H24OS4. The van der Waals surface area contributed by atoms with Gasteiger partial charge in [-0.15, -0.1) is 47.0 Å². The zero-order chi connectivity index (χ0) is 23.7. The quantitative estimate of drug-likeness (QED) is 0.132. The van der Waals surface area contributed by atoms with E-state index in [1.807, 2.05) is 47.0 Å². The molecule has 174 valence electrons. The van der Waals surface area contributed by atoms with Crippen LogP contribution in [-0.4, -0.2) is 0 Å². The molecule has 0 aliphatic carbocycles. The first-order chi connectivity index (χ1) is 17.3. The Morgan fingerprint density at radius 3 is 0.857 bits per heavy atom. The summed E-state index contributed by atoms with van der Waals surface area (Å²) in [6.07, 6.45) is 0. The summed E-state index contributed by atoms with van der Waals surface area (Å²) in [5, 5.41) is 0. The Kier molecular flexibility index (Phi) is 8.66. The van der Waals surface area contributed by atoms with E-state index in [0.717, 1.165) is 11.5 Å². The predicted molar refractivity (Wildman–Crippen MR) is 153 cm³/mol. The average molecular weight is 529 g/mol. The molecule has 35 heavy (non-hydrogen) atoms. The highest BCUT2D eigenvalue weighted by molar-refractivity contribution is 8.16. The molecule has 1 aromatic heterocycles. The van der Waals surface area contributed by atoms with Crippen molar-refractivity contribution in [3.05, 3.63) is 145 Å². The highest BCUT2D eigenvalue weighted by atomic mass is 32.2. The molecule has 0 fully saturated rings. The summed E-state index contributed by atoms with van der Waals surface area (Å²) in [6, 6.07) is 46.5. The third-order valence-corrected chi connectivity index (χ3v) is 10.2. The van der Waals surface area contributed by atoms with Crippen LogP contribution in [0.15, 0.2) is 157 Å². The topological polar surface area (TPSA) is 13.1 Å². The molecule has 0 spiro atoms. The molecule has 0 saturated carbocycles. The highest BCUT2D eigenvalue weighted by Crippen LogP contribution is 2.51. The van der Waals surface area contributed by atoms with Crippen molar-refractivity contribution in [2.24, 2.45) is 0 Å². The zero-order valence-corrected chi connectivity index (χ0v) is 22.2. The smallest absolute Gasteiger partial charge is 0.128 e. The van der Waals surface area contributed by atoms with Gasteiger partial charge in [0.25, 0.3) is 0 Å². The maximum Gasteiger partial charge on any atom is 0.128 e. The Morgan fingerprint density at radius 1 is 0.343 bits per heavy atom. The van der Waals surface area contributed by atoms with Gasteiger partial charge in [-0.25, -0.2) is 0 Å². The van der Waals surface area contributed by atoms with Gasteiger partial charge in [0, 0.05) is 19.6 Å². The minimum absolute atomic E-state index is 0.109. The van der Waals surface area contributed by atoms with Crippen LogP contribution in [0.4, 0.5) is 0 Å². The molecule has 5 aromatic rings. The van der Waals surface area contributed by atoms with Gasteiger partial charge in [0.15, 0.2) is 0 Å². The van der Waals surface area contributed by atoms with E-state index in [4.69, 9.17) is 4.42 Å². The number of benzene rings is 4. The van der Waals surface area contributed by atoms with E-state index in [-0.39, 0.29) is 9.16 Å². The van der Waals surface area contributed by atoms with Crippen LogP contribution in [0.1, 0.15) is 20.7 Å². The van der Waals surface area contributed by atoms with Gasteiger partial charge in [0.1, 0.15) is 20.7 Å². The summed E-state index contributed by atoms with van der Waals surface area (Å²) in [4.78, 5) is 4.92. The highest BCUT2D eigenvalue weighted by Gasteiger charge is 2.23. The van der Waals surface area contributed by atoms with E-state index in [1.165, 1.54) is 19.6 Å². The summed E-state index contributed by atoms with van der Waals surface area (Å²) in [7, 11) is 0. The van der Waals surface area contributed by atoms with Gasteiger partial charge in [0.05, 0.1) is 0 Å². The first-order valence-corrected chi connectivity index (χ1v) is 14.8. The van der Waals surface area contributed by atoms with Gasteiger partial charge in [0.2, 0.25) is 0 Å². The van der Waals surface area contributed by atoms with Gasteiger partial charge >= 0.3 is 0 Å². The van der Waals surface area contributed by atoms with Gasteiger partial charge in [-0.2, -0.15) is 0 Å². The van der Waals surface area contributed by atoms with Crippen LogP contribution in [0.5, 0.6) is 0 Å². The van der Waals surface area contributed by atoms with Gasteiger partial charge in [-0.3, -0.25) is 0 Å². The molecule has 0 aliphatic heterocycles. The van der Waals surface area contributed by atoms with E-state index in [2.05, 4.69) is 133 Å². The summed E-state index contributed by atoms with van der Waals surface area (Å²) < 4.78 is 6.83. The first-order valence-electron chi connectivity index (χ1n) is 11.3. The minimum atomic E-state index is 0.109. The molecular weight excluding hydrogens is 505 g/mol. The summed E-state index contributed by atoms with van der Waals surface area (Å²) in [5.41, 5.74) is 0. The maximum atomic E-state index is 6.61. The Bertz CT molecular complexity index is 1110. The third-order valence-electron chi connectivity index (χ3n) is 5.06. The SMILES string of the molecule is c1ccc(SC(Sc2ccccc2)c2ccc(C(Sc3ccccc3)Sc3ccccc3)o2)cc1. The van der Waals surface area contributed by atoms with Crippen LogP contribution in [-0.2, 0) is 0 Å². The van der Waals surface area contributed by atoms with Gasteiger partial charge in [-0.1, -0.05) is 72.8 Å². The van der Waals surface area contributed by atoms with Gasteiger partial charge in [-0.05, 0) is 60.7 Å². The van der Waals surface area contributed by atoms with Crippen LogP contribution >= 0.6 is 47.0 Å². The van der Waals surface area contributed by atoms with Crippen LogP contribution in [0, 0.1) is 0 Å². The Hall–Kier alpha value is -2.44. The van der Waals surface area contributed by atoms with Crippen LogP contribution in [0.25, 0.3) is 0 Å². The number of rotatable bonds is 10. The number of furan rings is 1. The fourth-order valence-corrected chi connectivity index (χ4v) is 8.33. The molecule has 4 aromatic carbocycles.